The van der Waals surface area contributed by atoms with Crippen LogP contribution in [0, 0.1) is 6.92 Å². The Labute approximate surface area is 147 Å². The summed E-state index contributed by atoms with van der Waals surface area (Å²) in [5, 5.41) is 11.0. The Morgan fingerprint density at radius 2 is 1.72 bits per heavy atom. The van der Waals surface area contributed by atoms with E-state index in [1.54, 1.807) is 13.2 Å². The SMILES string of the molecule is COc1cc(-c2ccc3c(N4CCCC4)cc(C)nc3c2)ccc1O. The van der Waals surface area contributed by atoms with Crippen molar-refractivity contribution in [2.75, 3.05) is 25.1 Å². The number of hydrogen-bond donors (Lipinski definition) is 1. The van der Waals surface area contributed by atoms with Gasteiger partial charge in [-0.05, 0) is 55.2 Å². The van der Waals surface area contributed by atoms with Crippen molar-refractivity contribution in [3.05, 3.63) is 48.2 Å². The quantitative estimate of drug-likeness (QED) is 0.765. The minimum atomic E-state index is 0.150. The molecular formula is C21H22N2O2. The number of aromatic nitrogens is 1. The van der Waals surface area contributed by atoms with Gasteiger partial charge in [0, 0.05) is 29.9 Å². The van der Waals surface area contributed by atoms with Gasteiger partial charge >= 0.3 is 0 Å². The van der Waals surface area contributed by atoms with Gasteiger partial charge in [0.1, 0.15) is 0 Å². The predicted octanol–water partition coefficient (Wildman–Crippen LogP) is 4.52. The normalized spacial score (nSPS) is 14.2. The predicted molar refractivity (Wildman–Crippen MR) is 102 cm³/mol. The van der Waals surface area contributed by atoms with Crippen molar-refractivity contribution in [3.8, 4) is 22.6 Å². The highest BCUT2D eigenvalue weighted by Crippen LogP contribution is 2.35. The molecule has 1 saturated heterocycles. The summed E-state index contributed by atoms with van der Waals surface area (Å²) < 4.78 is 5.23. The molecule has 4 nitrogen and oxygen atoms in total. The Bertz CT molecular complexity index is 931. The lowest BCUT2D eigenvalue weighted by Crippen LogP contribution is -2.18. The topological polar surface area (TPSA) is 45.6 Å². The number of pyridine rings is 1. The van der Waals surface area contributed by atoms with E-state index in [0.29, 0.717) is 5.75 Å². The number of phenols is 1. The number of phenolic OH excluding ortho intramolecular Hbond substituents is 1. The van der Waals surface area contributed by atoms with Gasteiger partial charge in [0.05, 0.1) is 12.6 Å². The molecule has 128 valence electrons. The zero-order valence-corrected chi connectivity index (χ0v) is 14.6. The van der Waals surface area contributed by atoms with Gasteiger partial charge in [0.25, 0.3) is 0 Å². The first kappa shape index (κ1) is 15.8. The number of aryl methyl sites for hydroxylation is 1. The van der Waals surface area contributed by atoms with Gasteiger partial charge in [-0.25, -0.2) is 0 Å². The molecule has 0 aliphatic carbocycles. The molecule has 0 atom stereocenters. The van der Waals surface area contributed by atoms with Crippen LogP contribution in [-0.2, 0) is 0 Å². The summed E-state index contributed by atoms with van der Waals surface area (Å²) in [7, 11) is 1.56. The van der Waals surface area contributed by atoms with E-state index in [-0.39, 0.29) is 5.75 Å². The molecule has 0 saturated carbocycles. The largest absolute Gasteiger partial charge is 0.504 e. The number of rotatable bonds is 3. The van der Waals surface area contributed by atoms with Gasteiger partial charge in [0.15, 0.2) is 11.5 Å². The highest BCUT2D eigenvalue weighted by atomic mass is 16.5. The summed E-state index contributed by atoms with van der Waals surface area (Å²) in [6, 6.07) is 14.0. The summed E-state index contributed by atoms with van der Waals surface area (Å²) in [5.74, 6) is 0.630. The maximum absolute atomic E-state index is 9.80. The maximum Gasteiger partial charge on any atom is 0.161 e. The number of hydrogen-bond acceptors (Lipinski definition) is 4. The van der Waals surface area contributed by atoms with E-state index in [1.807, 2.05) is 12.1 Å². The molecule has 1 aliphatic rings. The molecule has 4 heteroatoms. The molecule has 0 unspecified atom stereocenters. The fourth-order valence-corrected chi connectivity index (χ4v) is 3.60. The summed E-state index contributed by atoms with van der Waals surface area (Å²) in [5.41, 5.74) is 5.40. The van der Waals surface area contributed by atoms with Gasteiger partial charge in [-0.1, -0.05) is 18.2 Å². The summed E-state index contributed by atoms with van der Waals surface area (Å²) in [6.07, 6.45) is 2.52. The van der Waals surface area contributed by atoms with E-state index in [4.69, 9.17) is 9.72 Å². The Balaban J connectivity index is 1.83. The van der Waals surface area contributed by atoms with E-state index < -0.39 is 0 Å². The second-order valence-corrected chi connectivity index (χ2v) is 6.60. The molecule has 1 aliphatic heterocycles. The number of fused-ring (bicyclic) bond motifs is 1. The lowest BCUT2D eigenvalue weighted by Gasteiger charge is -2.20. The molecule has 0 radical (unpaired) electrons. The molecule has 0 bridgehead atoms. The van der Waals surface area contributed by atoms with Crippen molar-refractivity contribution in [3.63, 3.8) is 0 Å². The first-order chi connectivity index (χ1) is 12.2. The smallest absolute Gasteiger partial charge is 0.161 e. The number of ether oxygens (including phenoxy) is 1. The molecule has 2 aromatic carbocycles. The molecule has 25 heavy (non-hydrogen) atoms. The van der Waals surface area contributed by atoms with Crippen molar-refractivity contribution >= 4 is 16.6 Å². The van der Waals surface area contributed by atoms with Gasteiger partial charge in [0.2, 0.25) is 0 Å². The molecule has 0 amide bonds. The standard InChI is InChI=1S/C21H22N2O2/c1-14-11-19(23-9-3-4-10-23)17-7-5-15(12-18(17)22-14)16-6-8-20(24)21(13-16)25-2/h5-8,11-13,24H,3-4,9-10H2,1-2H3. The third-order valence-corrected chi connectivity index (χ3v) is 4.88. The van der Waals surface area contributed by atoms with Crippen LogP contribution in [0.15, 0.2) is 42.5 Å². The molecule has 1 fully saturated rings. The molecule has 4 rings (SSSR count). The summed E-state index contributed by atoms with van der Waals surface area (Å²) in [4.78, 5) is 7.21. The zero-order chi connectivity index (χ0) is 17.4. The van der Waals surface area contributed by atoms with Crippen molar-refractivity contribution in [2.45, 2.75) is 19.8 Å². The van der Waals surface area contributed by atoms with Crippen molar-refractivity contribution in [1.82, 2.24) is 4.98 Å². The minimum absolute atomic E-state index is 0.150. The number of methoxy groups -OCH3 is 1. The van der Waals surface area contributed by atoms with E-state index in [9.17, 15) is 5.11 Å². The summed E-state index contributed by atoms with van der Waals surface area (Å²) in [6.45, 7) is 4.29. The Hall–Kier alpha value is -2.75. The monoisotopic (exact) mass is 334 g/mol. The third kappa shape index (κ3) is 2.88. The van der Waals surface area contributed by atoms with Gasteiger partial charge in [-0.15, -0.1) is 0 Å². The van der Waals surface area contributed by atoms with E-state index in [0.717, 1.165) is 35.4 Å². The fourth-order valence-electron chi connectivity index (χ4n) is 3.60. The van der Waals surface area contributed by atoms with E-state index in [1.165, 1.54) is 23.9 Å². The van der Waals surface area contributed by atoms with Crippen LogP contribution in [0.3, 0.4) is 0 Å². The molecule has 0 spiro atoms. The van der Waals surface area contributed by atoms with Crippen LogP contribution < -0.4 is 9.64 Å². The average molecular weight is 334 g/mol. The van der Waals surface area contributed by atoms with Crippen LogP contribution in [-0.4, -0.2) is 30.3 Å². The Morgan fingerprint density at radius 1 is 1.00 bits per heavy atom. The molecule has 2 heterocycles. The highest BCUT2D eigenvalue weighted by molar-refractivity contribution is 5.94. The Morgan fingerprint density at radius 3 is 2.48 bits per heavy atom. The first-order valence-corrected chi connectivity index (χ1v) is 8.69. The zero-order valence-electron chi connectivity index (χ0n) is 14.6. The van der Waals surface area contributed by atoms with Gasteiger partial charge in [-0.2, -0.15) is 0 Å². The average Bonchev–Trinajstić information content (AvgIpc) is 3.15. The third-order valence-electron chi connectivity index (χ3n) is 4.88. The van der Waals surface area contributed by atoms with Crippen molar-refractivity contribution < 1.29 is 9.84 Å². The number of aromatic hydroxyl groups is 1. The molecule has 1 N–H and O–H groups in total. The van der Waals surface area contributed by atoms with Crippen LogP contribution in [0.25, 0.3) is 22.0 Å². The minimum Gasteiger partial charge on any atom is -0.504 e. The molecule has 3 aromatic rings. The van der Waals surface area contributed by atoms with Gasteiger partial charge < -0.3 is 14.7 Å². The second kappa shape index (κ2) is 6.28. The highest BCUT2D eigenvalue weighted by Gasteiger charge is 2.16. The van der Waals surface area contributed by atoms with Crippen LogP contribution in [0.5, 0.6) is 11.5 Å². The van der Waals surface area contributed by atoms with Crippen LogP contribution in [0.1, 0.15) is 18.5 Å². The van der Waals surface area contributed by atoms with Crippen LogP contribution in [0.2, 0.25) is 0 Å². The van der Waals surface area contributed by atoms with E-state index in [2.05, 4.69) is 36.1 Å². The van der Waals surface area contributed by atoms with Crippen LogP contribution in [0.4, 0.5) is 5.69 Å². The maximum atomic E-state index is 9.80. The van der Waals surface area contributed by atoms with E-state index >= 15 is 0 Å². The van der Waals surface area contributed by atoms with Crippen molar-refractivity contribution in [2.24, 2.45) is 0 Å². The number of benzene rings is 2. The van der Waals surface area contributed by atoms with Gasteiger partial charge in [-0.3, -0.25) is 4.98 Å². The molecule has 1 aromatic heterocycles. The summed E-state index contributed by atoms with van der Waals surface area (Å²) >= 11 is 0. The van der Waals surface area contributed by atoms with Crippen molar-refractivity contribution in [1.29, 1.82) is 0 Å². The lowest BCUT2D eigenvalue weighted by atomic mass is 10.0. The second-order valence-electron chi connectivity index (χ2n) is 6.60. The first-order valence-electron chi connectivity index (χ1n) is 8.69. The fraction of sp³-hybridized carbons (Fsp3) is 0.286. The van der Waals surface area contributed by atoms with Crippen LogP contribution >= 0.6 is 0 Å². The Kier molecular flexibility index (Phi) is 3.96. The molecular weight excluding hydrogens is 312 g/mol. The number of nitrogens with zero attached hydrogens (tertiary/aromatic N) is 2. The number of anilines is 1. The lowest BCUT2D eigenvalue weighted by molar-refractivity contribution is 0.373.